The van der Waals surface area contributed by atoms with Crippen LogP contribution in [0, 0.1) is 0 Å². The van der Waals surface area contributed by atoms with Crippen molar-refractivity contribution in [3.63, 3.8) is 0 Å². The first-order valence-electron chi connectivity index (χ1n) is 6.29. The van der Waals surface area contributed by atoms with Gasteiger partial charge in [0.1, 0.15) is 5.75 Å². The van der Waals surface area contributed by atoms with Crippen LogP contribution in [0.1, 0.15) is 5.56 Å². The summed E-state index contributed by atoms with van der Waals surface area (Å²) in [6.45, 7) is -0.156. The molecule has 0 aliphatic rings. The highest BCUT2D eigenvalue weighted by Gasteiger charge is 2.09. The molecule has 0 unspecified atom stereocenters. The minimum atomic E-state index is -0.156. The monoisotopic (exact) mass is 363 g/mol. The predicted molar refractivity (Wildman–Crippen MR) is 86.9 cm³/mol. The summed E-state index contributed by atoms with van der Waals surface area (Å²) in [4.78, 5) is 4.12. The van der Waals surface area contributed by atoms with E-state index in [2.05, 4.69) is 20.9 Å². The molecule has 0 saturated heterocycles. The molecule has 1 aromatic heterocycles. The lowest BCUT2D eigenvalue weighted by molar-refractivity contribution is 0.281. The van der Waals surface area contributed by atoms with E-state index in [1.54, 1.807) is 6.07 Å². The Labute approximate surface area is 135 Å². The molecule has 21 heavy (non-hydrogen) atoms. The molecule has 0 aliphatic carbocycles. The Morgan fingerprint density at radius 1 is 1.19 bits per heavy atom. The van der Waals surface area contributed by atoms with E-state index in [0.29, 0.717) is 22.2 Å². The van der Waals surface area contributed by atoms with Gasteiger partial charge in [0.25, 0.3) is 0 Å². The third-order valence-electron chi connectivity index (χ3n) is 3.12. The van der Waals surface area contributed by atoms with E-state index in [1.807, 2.05) is 36.4 Å². The Morgan fingerprint density at radius 3 is 2.81 bits per heavy atom. The van der Waals surface area contributed by atoms with Gasteiger partial charge in [-0.25, -0.2) is 4.98 Å². The number of ether oxygens (including phenoxy) is 1. The van der Waals surface area contributed by atoms with Gasteiger partial charge in [-0.05, 0) is 32.8 Å². The maximum Gasteiger partial charge on any atom is 0.219 e. The van der Waals surface area contributed by atoms with Gasteiger partial charge in [0.15, 0.2) is 0 Å². The average molecular weight is 365 g/mol. The third kappa shape index (κ3) is 2.88. The average Bonchev–Trinajstić information content (AvgIpc) is 2.52. The molecule has 0 fully saturated rings. The van der Waals surface area contributed by atoms with Crippen LogP contribution in [0.25, 0.3) is 10.8 Å². The number of nitrogens with zero attached hydrogens (tertiary/aromatic N) is 1. The van der Waals surface area contributed by atoms with Gasteiger partial charge in [0.2, 0.25) is 5.88 Å². The van der Waals surface area contributed by atoms with Gasteiger partial charge in [-0.15, -0.1) is 0 Å². The van der Waals surface area contributed by atoms with Crippen LogP contribution < -0.4 is 4.74 Å². The number of aliphatic hydroxyl groups excluding tert-OH is 1. The molecule has 3 rings (SSSR count). The van der Waals surface area contributed by atoms with E-state index in [-0.39, 0.29) is 6.61 Å². The minimum absolute atomic E-state index is 0.156. The summed E-state index contributed by atoms with van der Waals surface area (Å²) >= 11 is 9.48. The number of benzene rings is 2. The number of fused-ring (bicyclic) bond motifs is 1. The van der Waals surface area contributed by atoms with Crippen LogP contribution in [0.15, 0.2) is 53.1 Å². The lowest BCUT2D eigenvalue weighted by Gasteiger charge is -2.10. The SMILES string of the molecule is OCc1cc(Oc2ccc3ccccc3c2Br)ncc1Cl. The number of pyridine rings is 1. The van der Waals surface area contributed by atoms with Gasteiger partial charge >= 0.3 is 0 Å². The molecule has 0 bridgehead atoms. The lowest BCUT2D eigenvalue weighted by Crippen LogP contribution is -1.93. The van der Waals surface area contributed by atoms with E-state index >= 15 is 0 Å². The number of hydrogen-bond donors (Lipinski definition) is 1. The second-order valence-corrected chi connectivity index (χ2v) is 5.67. The lowest BCUT2D eigenvalue weighted by atomic mass is 10.1. The van der Waals surface area contributed by atoms with Crippen molar-refractivity contribution in [2.24, 2.45) is 0 Å². The molecule has 5 heteroatoms. The minimum Gasteiger partial charge on any atom is -0.438 e. The molecule has 0 saturated carbocycles. The zero-order valence-electron chi connectivity index (χ0n) is 10.9. The van der Waals surface area contributed by atoms with Gasteiger partial charge in [-0.2, -0.15) is 0 Å². The fraction of sp³-hybridized carbons (Fsp3) is 0.0625. The summed E-state index contributed by atoms with van der Waals surface area (Å²) in [5.74, 6) is 1.05. The van der Waals surface area contributed by atoms with Crippen LogP contribution in [-0.4, -0.2) is 10.1 Å². The summed E-state index contributed by atoms with van der Waals surface area (Å²) < 4.78 is 6.65. The molecule has 0 radical (unpaired) electrons. The van der Waals surface area contributed by atoms with Gasteiger partial charge in [0.05, 0.1) is 16.1 Å². The second kappa shape index (κ2) is 6.02. The van der Waals surface area contributed by atoms with Crippen molar-refractivity contribution in [1.29, 1.82) is 0 Å². The molecule has 0 spiro atoms. The zero-order valence-corrected chi connectivity index (χ0v) is 13.2. The molecule has 1 heterocycles. The normalized spacial score (nSPS) is 10.8. The molecular formula is C16H11BrClNO2. The number of aromatic nitrogens is 1. The van der Waals surface area contributed by atoms with Crippen molar-refractivity contribution in [1.82, 2.24) is 4.98 Å². The molecule has 0 aliphatic heterocycles. The van der Waals surface area contributed by atoms with Crippen LogP contribution >= 0.6 is 27.5 Å². The Kier molecular flexibility index (Phi) is 4.10. The van der Waals surface area contributed by atoms with E-state index < -0.39 is 0 Å². The van der Waals surface area contributed by atoms with Gasteiger partial charge in [-0.1, -0.05) is 41.9 Å². The number of rotatable bonds is 3. The van der Waals surface area contributed by atoms with Crippen LogP contribution in [0.4, 0.5) is 0 Å². The van der Waals surface area contributed by atoms with Crippen LogP contribution in [0.5, 0.6) is 11.6 Å². The Bertz CT molecular complexity index is 807. The van der Waals surface area contributed by atoms with Crippen molar-refractivity contribution in [3.8, 4) is 11.6 Å². The third-order valence-corrected chi connectivity index (χ3v) is 4.28. The topological polar surface area (TPSA) is 42.4 Å². The largest absolute Gasteiger partial charge is 0.438 e. The Morgan fingerprint density at radius 2 is 2.00 bits per heavy atom. The van der Waals surface area contributed by atoms with Crippen LogP contribution in [0.2, 0.25) is 5.02 Å². The number of hydrogen-bond acceptors (Lipinski definition) is 3. The number of halogens is 2. The van der Waals surface area contributed by atoms with E-state index in [9.17, 15) is 5.11 Å². The van der Waals surface area contributed by atoms with Crippen molar-refractivity contribution >= 4 is 38.3 Å². The van der Waals surface area contributed by atoms with E-state index in [0.717, 1.165) is 15.2 Å². The second-order valence-electron chi connectivity index (χ2n) is 4.47. The highest BCUT2D eigenvalue weighted by Crippen LogP contribution is 2.35. The van der Waals surface area contributed by atoms with Gasteiger partial charge < -0.3 is 9.84 Å². The highest BCUT2D eigenvalue weighted by molar-refractivity contribution is 9.10. The van der Waals surface area contributed by atoms with E-state index in [4.69, 9.17) is 16.3 Å². The van der Waals surface area contributed by atoms with Gasteiger partial charge in [0, 0.05) is 17.8 Å². The number of aliphatic hydroxyl groups is 1. The Hall–Kier alpha value is -1.62. The summed E-state index contributed by atoms with van der Waals surface area (Å²) in [5, 5.41) is 11.8. The summed E-state index contributed by atoms with van der Waals surface area (Å²) in [6.07, 6.45) is 1.47. The fourth-order valence-electron chi connectivity index (χ4n) is 2.04. The molecule has 3 aromatic rings. The van der Waals surface area contributed by atoms with Crippen molar-refractivity contribution in [2.75, 3.05) is 0 Å². The highest BCUT2D eigenvalue weighted by atomic mass is 79.9. The van der Waals surface area contributed by atoms with Crippen LogP contribution in [-0.2, 0) is 6.61 Å². The summed E-state index contributed by atoms with van der Waals surface area (Å²) in [7, 11) is 0. The molecule has 2 aromatic carbocycles. The quantitative estimate of drug-likeness (QED) is 0.716. The molecule has 3 nitrogen and oxygen atoms in total. The maximum atomic E-state index is 9.23. The Balaban J connectivity index is 2.00. The summed E-state index contributed by atoms with van der Waals surface area (Å²) in [6, 6.07) is 13.5. The molecular weight excluding hydrogens is 354 g/mol. The molecule has 0 amide bonds. The first-order valence-corrected chi connectivity index (χ1v) is 7.46. The molecule has 0 atom stereocenters. The smallest absolute Gasteiger partial charge is 0.219 e. The summed E-state index contributed by atoms with van der Waals surface area (Å²) in [5.41, 5.74) is 0.582. The van der Waals surface area contributed by atoms with Gasteiger partial charge in [-0.3, -0.25) is 0 Å². The maximum absolute atomic E-state index is 9.23. The zero-order chi connectivity index (χ0) is 14.8. The first-order chi connectivity index (χ1) is 10.2. The fourth-order valence-corrected chi connectivity index (χ4v) is 2.78. The van der Waals surface area contributed by atoms with E-state index in [1.165, 1.54) is 6.20 Å². The predicted octanol–water partition coefficient (Wildman–Crippen LogP) is 4.94. The molecule has 1 N–H and O–H groups in total. The standard InChI is InChI=1S/C16H11BrClNO2/c17-16-12-4-2-1-3-10(12)5-6-14(16)21-15-7-11(9-20)13(18)8-19-15/h1-8,20H,9H2. The molecule has 106 valence electrons. The van der Waals surface area contributed by atoms with Crippen molar-refractivity contribution in [3.05, 3.63) is 63.7 Å². The first kappa shape index (κ1) is 14.3. The van der Waals surface area contributed by atoms with Crippen LogP contribution in [0.3, 0.4) is 0 Å². The van der Waals surface area contributed by atoms with Crippen molar-refractivity contribution in [2.45, 2.75) is 6.61 Å². The van der Waals surface area contributed by atoms with Crippen molar-refractivity contribution < 1.29 is 9.84 Å².